The van der Waals surface area contributed by atoms with Gasteiger partial charge >= 0.3 is 6.16 Å². The van der Waals surface area contributed by atoms with Gasteiger partial charge in [0.05, 0.1) is 5.71 Å². The van der Waals surface area contributed by atoms with Gasteiger partial charge < -0.3 is 15.6 Å². The summed E-state index contributed by atoms with van der Waals surface area (Å²) in [5, 5.41) is 18.7. The third-order valence-corrected chi connectivity index (χ3v) is 5.08. The number of rotatable bonds is 1. The molecule has 3 N–H and O–H groups in total. The minimum atomic E-state index is -1.83. The Morgan fingerprint density at radius 3 is 1.92 bits per heavy atom. The van der Waals surface area contributed by atoms with Gasteiger partial charge in [-0.2, -0.15) is 5.10 Å². The van der Waals surface area contributed by atoms with E-state index in [1.807, 2.05) is 0 Å². The van der Waals surface area contributed by atoms with Crippen molar-refractivity contribution in [3.63, 3.8) is 0 Å². The van der Waals surface area contributed by atoms with Crippen molar-refractivity contribution in [1.82, 2.24) is 5.43 Å². The zero-order chi connectivity index (χ0) is 18.9. The molecule has 0 bridgehead atoms. The monoisotopic (exact) mass is 366 g/mol. The van der Waals surface area contributed by atoms with Gasteiger partial charge in [-0.05, 0) is 50.5 Å². The molecule has 0 aromatic heterocycles. The van der Waals surface area contributed by atoms with Gasteiger partial charge in [-0.25, -0.2) is 4.79 Å². The van der Waals surface area contributed by atoms with Crippen LogP contribution in [0.5, 0.6) is 0 Å². The lowest BCUT2D eigenvalue weighted by Gasteiger charge is -2.12. The van der Waals surface area contributed by atoms with Crippen LogP contribution in [0.15, 0.2) is 16.8 Å². The topological polar surface area (TPSA) is 81.9 Å². The van der Waals surface area contributed by atoms with Crippen molar-refractivity contribution in [2.75, 3.05) is 6.54 Å². The zero-order valence-electron chi connectivity index (χ0n) is 16.3. The molecule has 0 amide bonds. The van der Waals surface area contributed by atoms with Crippen molar-refractivity contribution < 1.29 is 15.0 Å². The van der Waals surface area contributed by atoms with Gasteiger partial charge in [-0.3, -0.25) is 0 Å². The van der Waals surface area contributed by atoms with Gasteiger partial charge in [0.2, 0.25) is 0 Å². The Morgan fingerprint density at radius 2 is 1.27 bits per heavy atom. The molecule has 0 unspecified atom stereocenters. The molecule has 0 atom stereocenters. The van der Waals surface area contributed by atoms with E-state index in [9.17, 15) is 0 Å². The highest BCUT2D eigenvalue weighted by Crippen LogP contribution is 2.20. The number of hydrazone groups is 1. The second kappa shape index (κ2) is 15.7. The Bertz CT molecular complexity index is 395. The first-order valence-corrected chi connectivity index (χ1v) is 10.6. The maximum absolute atomic E-state index is 8.56. The van der Waals surface area contributed by atoms with E-state index in [4.69, 9.17) is 20.1 Å². The molecule has 0 fully saturated rings. The van der Waals surface area contributed by atoms with Crippen LogP contribution in [0.1, 0.15) is 103 Å². The highest BCUT2D eigenvalue weighted by atomic mass is 16.6. The number of hydrogen-bond acceptors (Lipinski definition) is 3. The van der Waals surface area contributed by atoms with E-state index < -0.39 is 6.16 Å². The molecular formula is C21H38N2O3. The fourth-order valence-electron chi connectivity index (χ4n) is 3.63. The summed E-state index contributed by atoms with van der Waals surface area (Å²) >= 11 is 0. The molecule has 1 aliphatic heterocycles. The van der Waals surface area contributed by atoms with Gasteiger partial charge in [-0.1, -0.05) is 63.9 Å². The predicted molar refractivity (Wildman–Crippen MR) is 108 cm³/mol. The van der Waals surface area contributed by atoms with Crippen LogP contribution in [-0.2, 0) is 0 Å². The first-order valence-electron chi connectivity index (χ1n) is 10.6. The Kier molecular flexibility index (Phi) is 13.6. The minimum Gasteiger partial charge on any atom is -0.450 e. The minimum absolute atomic E-state index is 1.05. The Labute approximate surface area is 159 Å². The molecule has 0 aromatic carbocycles. The second-order valence-corrected chi connectivity index (χ2v) is 7.36. The quantitative estimate of drug-likeness (QED) is 0.505. The summed E-state index contributed by atoms with van der Waals surface area (Å²) in [6.07, 6.45) is 22.4. The lowest BCUT2D eigenvalue weighted by molar-refractivity contribution is 0.137. The van der Waals surface area contributed by atoms with Crippen LogP contribution in [0.2, 0.25) is 0 Å². The summed E-state index contributed by atoms with van der Waals surface area (Å²) in [7, 11) is 0. The molecule has 0 aromatic rings. The Balaban J connectivity index is 0.000000765. The molecule has 0 radical (unpaired) electrons. The van der Waals surface area contributed by atoms with Gasteiger partial charge in [0.15, 0.2) is 0 Å². The molecule has 5 nitrogen and oxygen atoms in total. The lowest BCUT2D eigenvalue weighted by atomic mass is 9.97. The fraction of sp³-hybridized carbons (Fsp3) is 0.810. The number of hydrogen-bond donors (Lipinski definition) is 3. The molecular weight excluding hydrogens is 328 g/mol. The largest absolute Gasteiger partial charge is 0.503 e. The van der Waals surface area contributed by atoms with Crippen LogP contribution in [0, 0.1) is 0 Å². The number of nitrogens with zero attached hydrogens (tertiary/aromatic N) is 1. The van der Waals surface area contributed by atoms with Crippen molar-refractivity contribution in [1.29, 1.82) is 0 Å². The van der Waals surface area contributed by atoms with Crippen molar-refractivity contribution in [3.05, 3.63) is 11.6 Å². The number of nitrogens with one attached hydrogen (secondary N) is 1. The van der Waals surface area contributed by atoms with Gasteiger partial charge in [0.25, 0.3) is 0 Å². The smallest absolute Gasteiger partial charge is 0.450 e. The summed E-state index contributed by atoms with van der Waals surface area (Å²) in [6, 6.07) is 0. The summed E-state index contributed by atoms with van der Waals surface area (Å²) in [5.41, 5.74) is 6.29. The summed E-state index contributed by atoms with van der Waals surface area (Å²) in [5.74, 6) is 0. The summed E-state index contributed by atoms with van der Waals surface area (Å²) < 4.78 is 0. The van der Waals surface area contributed by atoms with E-state index in [1.165, 1.54) is 108 Å². The van der Waals surface area contributed by atoms with Crippen molar-refractivity contribution >= 4 is 11.9 Å². The molecule has 5 heteroatoms. The number of allylic oxidation sites excluding steroid dienone is 2. The van der Waals surface area contributed by atoms with Crippen LogP contribution < -0.4 is 5.43 Å². The van der Waals surface area contributed by atoms with Crippen LogP contribution in [0.3, 0.4) is 0 Å². The van der Waals surface area contributed by atoms with Crippen LogP contribution in [0.4, 0.5) is 4.79 Å². The number of carbonyl (C=O) groups is 1. The third kappa shape index (κ3) is 12.8. The van der Waals surface area contributed by atoms with Crippen molar-refractivity contribution in [2.45, 2.75) is 103 Å². The Hall–Kier alpha value is -1.52. The average Bonchev–Trinajstić information content (AvgIpc) is 2.70. The van der Waals surface area contributed by atoms with Crippen molar-refractivity contribution in [3.8, 4) is 0 Å². The first-order chi connectivity index (χ1) is 12.7. The average molecular weight is 367 g/mol. The van der Waals surface area contributed by atoms with Gasteiger partial charge in [0, 0.05) is 6.54 Å². The molecule has 2 rings (SSSR count). The molecule has 0 saturated carbocycles. The lowest BCUT2D eigenvalue weighted by Crippen LogP contribution is -2.14. The predicted octanol–water partition coefficient (Wildman–Crippen LogP) is 6.35. The van der Waals surface area contributed by atoms with Crippen LogP contribution in [-0.4, -0.2) is 28.6 Å². The maximum Gasteiger partial charge on any atom is 0.503 e. The normalized spacial score (nSPS) is 21.2. The molecule has 150 valence electrons. The van der Waals surface area contributed by atoms with E-state index in [-0.39, 0.29) is 0 Å². The Morgan fingerprint density at radius 1 is 0.769 bits per heavy atom. The molecule has 1 heterocycles. The van der Waals surface area contributed by atoms with E-state index in [0.717, 1.165) is 6.54 Å². The van der Waals surface area contributed by atoms with Crippen LogP contribution in [0.25, 0.3) is 0 Å². The first kappa shape index (κ1) is 22.5. The molecule has 0 saturated heterocycles. The van der Waals surface area contributed by atoms with Crippen molar-refractivity contribution in [2.24, 2.45) is 5.10 Å². The molecule has 26 heavy (non-hydrogen) atoms. The number of carboxylic acid groups (broad SMARTS) is 2. The van der Waals surface area contributed by atoms with E-state index in [0.29, 0.717) is 0 Å². The zero-order valence-corrected chi connectivity index (χ0v) is 16.3. The molecule has 0 spiro atoms. The SMILES string of the molecule is C1=C(C2=NNCCCCCCCC2)CCCCCCCCC1.O=C(O)O. The summed E-state index contributed by atoms with van der Waals surface area (Å²) in [4.78, 5) is 8.56. The highest BCUT2D eigenvalue weighted by molar-refractivity contribution is 5.99. The fourth-order valence-corrected chi connectivity index (χ4v) is 3.63. The second-order valence-electron chi connectivity index (χ2n) is 7.36. The standard InChI is InChI=1S/C20H36N2.CH2O3/c1-2-4-8-12-16-19(15-11-7-3-1)20-17-13-9-5-6-10-14-18-21-22-20;2-1(3)4/h15,21H,1-14,16-18H2;(H2,2,3,4). The van der Waals surface area contributed by atoms with E-state index in [2.05, 4.69) is 11.5 Å². The van der Waals surface area contributed by atoms with E-state index >= 15 is 0 Å². The molecule has 2 aliphatic rings. The van der Waals surface area contributed by atoms with Gasteiger partial charge in [0.1, 0.15) is 0 Å². The van der Waals surface area contributed by atoms with E-state index in [1.54, 1.807) is 5.57 Å². The van der Waals surface area contributed by atoms with Crippen LogP contribution >= 0.6 is 0 Å². The highest BCUT2D eigenvalue weighted by Gasteiger charge is 2.09. The van der Waals surface area contributed by atoms with Gasteiger partial charge in [-0.15, -0.1) is 0 Å². The molecule has 1 aliphatic carbocycles. The maximum atomic E-state index is 8.56. The summed E-state index contributed by atoms with van der Waals surface area (Å²) in [6.45, 7) is 1.05. The third-order valence-electron chi connectivity index (χ3n) is 5.08.